The molecule has 1 unspecified atom stereocenters. The first kappa shape index (κ1) is 28.0. The molecule has 0 saturated carbocycles. The number of anilines is 1. The zero-order valence-corrected chi connectivity index (χ0v) is 23.6. The number of hydrogen-bond acceptors (Lipinski definition) is 7. The summed E-state index contributed by atoms with van der Waals surface area (Å²) in [6.07, 6.45) is 1.36. The van der Waals surface area contributed by atoms with E-state index >= 15 is 0 Å². The third-order valence-electron chi connectivity index (χ3n) is 6.55. The number of benzene rings is 3. The molecule has 2 heterocycles. The lowest BCUT2D eigenvalue weighted by Gasteiger charge is -2.21. The number of hydrogen-bond donors (Lipinski definition) is 3. The second-order valence-corrected chi connectivity index (χ2v) is 11.5. The molecule has 10 nitrogen and oxygen atoms in total. The van der Waals surface area contributed by atoms with E-state index in [1.807, 2.05) is 18.2 Å². The van der Waals surface area contributed by atoms with E-state index in [4.69, 9.17) is 17.3 Å². The highest BCUT2D eigenvalue weighted by molar-refractivity contribution is 7.89. The maximum atomic E-state index is 13.7. The smallest absolute Gasteiger partial charge is 0.274 e. The Morgan fingerprint density at radius 2 is 1.76 bits per heavy atom. The maximum absolute atomic E-state index is 13.7. The van der Waals surface area contributed by atoms with Gasteiger partial charge in [0.05, 0.1) is 33.2 Å². The number of halogens is 1. The average molecular weight is 589 g/mol. The molecule has 12 heteroatoms. The first-order chi connectivity index (χ1) is 19.6. The van der Waals surface area contributed by atoms with Crippen LogP contribution in [0.25, 0.3) is 27.7 Å². The normalized spacial score (nSPS) is 12.3. The molecule has 41 heavy (non-hydrogen) atoms. The van der Waals surface area contributed by atoms with E-state index in [1.165, 1.54) is 29.9 Å². The number of nitrogens with one attached hydrogen (secondary N) is 2. The van der Waals surface area contributed by atoms with Gasteiger partial charge in [0.2, 0.25) is 10.0 Å². The Labute approximate surface area is 240 Å². The van der Waals surface area contributed by atoms with Crippen molar-refractivity contribution in [3.8, 4) is 16.9 Å². The number of nitrogen functional groups attached to an aromatic ring is 1. The molecule has 0 spiro atoms. The quantitative estimate of drug-likeness (QED) is 0.259. The lowest BCUT2D eigenvalue weighted by Crippen LogP contribution is -2.33. The minimum Gasteiger partial charge on any atom is -0.382 e. The molecular formula is C29H25ClN6O4S. The van der Waals surface area contributed by atoms with Crippen molar-refractivity contribution in [3.05, 3.63) is 112 Å². The van der Waals surface area contributed by atoms with Gasteiger partial charge < -0.3 is 11.1 Å². The Kier molecular flexibility index (Phi) is 7.59. The maximum Gasteiger partial charge on any atom is 0.274 e. The van der Waals surface area contributed by atoms with E-state index in [0.29, 0.717) is 32.7 Å². The number of pyridine rings is 1. The van der Waals surface area contributed by atoms with E-state index in [2.05, 4.69) is 20.0 Å². The number of para-hydroxylation sites is 1. The fourth-order valence-electron chi connectivity index (χ4n) is 4.49. The summed E-state index contributed by atoms with van der Waals surface area (Å²) in [5.74, 6) is -0.732. The molecule has 1 atom stereocenters. The average Bonchev–Trinajstić information content (AvgIpc) is 2.97. The summed E-state index contributed by atoms with van der Waals surface area (Å²) in [5, 5.41) is 4.19. The Morgan fingerprint density at radius 1 is 1.02 bits per heavy atom. The number of nitrogens with two attached hydrogens (primary N) is 1. The topological polar surface area (TPSA) is 149 Å². The van der Waals surface area contributed by atoms with Crippen LogP contribution in [0.5, 0.6) is 0 Å². The first-order valence-corrected chi connectivity index (χ1v) is 14.3. The third kappa shape index (κ3) is 5.42. The van der Waals surface area contributed by atoms with Crippen molar-refractivity contribution in [3.63, 3.8) is 0 Å². The van der Waals surface area contributed by atoms with Crippen LogP contribution in [-0.2, 0) is 10.0 Å². The number of rotatable bonds is 7. The molecule has 0 aliphatic rings. The summed E-state index contributed by atoms with van der Waals surface area (Å²) < 4.78 is 28.3. The van der Waals surface area contributed by atoms with Crippen molar-refractivity contribution in [2.24, 2.45) is 0 Å². The standard InChI is InChI=1S/C29H25ClN6O4S/c1-17(24-15-19-9-7-13-22(30)25(19)29(38)36(24)20-10-4-3-5-11-20)34-28(37)26-27(31)33-16-23(35-26)18-8-6-12-21(14-18)41(39,40)32-2/h3-17,32H,1-2H3,(H2,31,33)(H,34,37). The molecule has 0 aliphatic heterocycles. The Hall–Kier alpha value is -4.58. The van der Waals surface area contributed by atoms with E-state index in [1.54, 1.807) is 55.5 Å². The highest BCUT2D eigenvalue weighted by Gasteiger charge is 2.22. The van der Waals surface area contributed by atoms with Gasteiger partial charge in [-0.1, -0.05) is 54.1 Å². The molecule has 2 aromatic heterocycles. The summed E-state index contributed by atoms with van der Waals surface area (Å²) >= 11 is 6.39. The minimum atomic E-state index is -3.70. The van der Waals surface area contributed by atoms with Crippen LogP contribution < -0.4 is 21.3 Å². The van der Waals surface area contributed by atoms with Gasteiger partial charge in [0.25, 0.3) is 11.5 Å². The van der Waals surface area contributed by atoms with Gasteiger partial charge >= 0.3 is 0 Å². The minimum absolute atomic E-state index is 0.0334. The van der Waals surface area contributed by atoms with Crippen molar-refractivity contribution in [1.82, 2.24) is 24.6 Å². The van der Waals surface area contributed by atoms with Crippen LogP contribution in [0, 0.1) is 0 Å². The molecule has 0 saturated heterocycles. The van der Waals surface area contributed by atoms with Gasteiger partial charge in [-0.2, -0.15) is 0 Å². The number of fused-ring (bicyclic) bond motifs is 1. The number of nitrogens with zero attached hydrogens (tertiary/aromatic N) is 3. The van der Waals surface area contributed by atoms with Gasteiger partial charge in [-0.25, -0.2) is 23.1 Å². The predicted octanol–water partition coefficient (Wildman–Crippen LogP) is 4.08. The van der Waals surface area contributed by atoms with E-state index in [9.17, 15) is 18.0 Å². The van der Waals surface area contributed by atoms with Crippen molar-refractivity contribution in [2.75, 3.05) is 12.8 Å². The lowest BCUT2D eigenvalue weighted by atomic mass is 10.1. The van der Waals surface area contributed by atoms with Gasteiger partial charge in [0.15, 0.2) is 11.5 Å². The summed E-state index contributed by atoms with van der Waals surface area (Å²) in [5.41, 5.74) is 7.36. The third-order valence-corrected chi connectivity index (χ3v) is 8.28. The van der Waals surface area contributed by atoms with Gasteiger partial charge in [-0.3, -0.25) is 14.2 Å². The van der Waals surface area contributed by atoms with Crippen molar-refractivity contribution in [2.45, 2.75) is 17.9 Å². The number of aromatic nitrogens is 3. The Morgan fingerprint density at radius 3 is 2.49 bits per heavy atom. The molecule has 4 N–H and O–H groups in total. The van der Waals surface area contributed by atoms with Crippen LogP contribution in [0.2, 0.25) is 5.02 Å². The van der Waals surface area contributed by atoms with Gasteiger partial charge in [-0.05, 0) is 55.8 Å². The lowest BCUT2D eigenvalue weighted by molar-refractivity contribution is 0.0934. The van der Waals surface area contributed by atoms with Gasteiger partial charge in [0.1, 0.15) is 0 Å². The zero-order valence-electron chi connectivity index (χ0n) is 22.0. The fourth-order valence-corrected chi connectivity index (χ4v) is 5.52. The molecule has 5 aromatic rings. The van der Waals surface area contributed by atoms with Gasteiger partial charge in [0, 0.05) is 16.9 Å². The Balaban J connectivity index is 1.54. The van der Waals surface area contributed by atoms with Crippen molar-refractivity contribution >= 4 is 44.1 Å². The molecule has 208 valence electrons. The van der Waals surface area contributed by atoms with Crippen LogP contribution in [0.1, 0.15) is 29.1 Å². The second kappa shape index (κ2) is 11.1. The van der Waals surface area contributed by atoms with Crippen molar-refractivity contribution < 1.29 is 13.2 Å². The molecule has 5 rings (SSSR count). The molecule has 0 bridgehead atoms. The molecule has 1 amide bonds. The largest absolute Gasteiger partial charge is 0.382 e. The summed E-state index contributed by atoms with van der Waals surface area (Å²) in [6.45, 7) is 1.74. The van der Waals surface area contributed by atoms with Gasteiger partial charge in [-0.15, -0.1) is 0 Å². The Bertz CT molecular complexity index is 1960. The highest BCUT2D eigenvalue weighted by atomic mass is 35.5. The molecule has 0 fully saturated rings. The number of carbonyl (C=O) groups excluding carboxylic acids is 1. The SMILES string of the molecule is CNS(=O)(=O)c1cccc(-c2cnc(N)c(C(=O)NC(C)c3cc4cccc(Cl)c4c(=O)n3-c3ccccc3)n2)c1. The molecule has 3 aromatic carbocycles. The van der Waals surface area contributed by atoms with Crippen LogP contribution in [0.3, 0.4) is 0 Å². The van der Waals surface area contributed by atoms with Crippen molar-refractivity contribution in [1.29, 1.82) is 0 Å². The summed E-state index contributed by atoms with van der Waals surface area (Å²) in [6, 6.07) is 21.4. The second-order valence-electron chi connectivity index (χ2n) is 9.17. The number of carbonyl (C=O) groups is 1. The molecule has 0 aliphatic carbocycles. The van der Waals surface area contributed by atoms with Crippen LogP contribution in [-0.4, -0.2) is 35.9 Å². The van der Waals surface area contributed by atoms with E-state index < -0.39 is 22.0 Å². The first-order valence-electron chi connectivity index (χ1n) is 12.5. The molecular weight excluding hydrogens is 564 g/mol. The fraction of sp³-hybridized carbons (Fsp3) is 0.103. The number of sulfonamides is 1. The monoisotopic (exact) mass is 588 g/mol. The zero-order chi connectivity index (χ0) is 29.3. The van der Waals surface area contributed by atoms with Crippen LogP contribution >= 0.6 is 11.6 Å². The van der Waals surface area contributed by atoms with E-state index in [-0.39, 0.29) is 27.7 Å². The summed E-state index contributed by atoms with van der Waals surface area (Å²) in [7, 11) is -2.38. The van der Waals surface area contributed by atoms with E-state index in [0.717, 1.165) is 0 Å². The molecule has 0 radical (unpaired) electrons. The predicted molar refractivity (Wildman–Crippen MR) is 159 cm³/mol. The van der Waals surface area contributed by atoms with Crippen LogP contribution in [0.15, 0.2) is 94.7 Å². The van der Waals surface area contributed by atoms with Crippen LogP contribution in [0.4, 0.5) is 5.82 Å². The highest BCUT2D eigenvalue weighted by Crippen LogP contribution is 2.26. The number of amides is 1. The summed E-state index contributed by atoms with van der Waals surface area (Å²) in [4.78, 5) is 35.7.